The third-order valence-electron chi connectivity index (χ3n) is 2.99. The molecule has 0 fully saturated rings. The minimum atomic E-state index is 0.135. The van der Waals surface area contributed by atoms with Gasteiger partial charge in [-0.15, -0.1) is 0 Å². The van der Waals surface area contributed by atoms with Gasteiger partial charge in [-0.1, -0.05) is 46.3 Å². The Morgan fingerprint density at radius 3 is 2.53 bits per heavy atom. The Morgan fingerprint density at radius 1 is 1.11 bits per heavy atom. The van der Waals surface area contributed by atoms with E-state index in [1.807, 2.05) is 67.5 Å². The van der Waals surface area contributed by atoms with Crippen molar-refractivity contribution in [2.75, 3.05) is 19.0 Å². The molecule has 0 aliphatic carbocycles. The molecule has 0 saturated heterocycles. The Bertz CT molecular complexity index is 593. The number of hydrogen-bond donors (Lipinski definition) is 0. The third-order valence-corrected chi connectivity index (χ3v) is 3.77. The largest absolute Gasteiger partial charge is 0.378 e. The summed E-state index contributed by atoms with van der Waals surface area (Å²) < 4.78 is 0.979. The predicted octanol–water partition coefficient (Wildman–Crippen LogP) is 3.94. The quantitative estimate of drug-likeness (QED) is 0.796. The highest BCUT2D eigenvalue weighted by molar-refractivity contribution is 9.10. The first-order valence-electron chi connectivity index (χ1n) is 6.12. The summed E-state index contributed by atoms with van der Waals surface area (Å²) in [5.41, 5.74) is 2.81. The molecule has 0 unspecified atom stereocenters. The number of Topliss-reactive ketones (excluding diaryl/α,β-unsaturated/α-hetero) is 1. The molecule has 0 spiro atoms. The van der Waals surface area contributed by atoms with Gasteiger partial charge in [-0.3, -0.25) is 4.79 Å². The van der Waals surface area contributed by atoms with E-state index in [4.69, 9.17) is 0 Å². The lowest BCUT2D eigenvalue weighted by atomic mass is 10.0. The van der Waals surface area contributed by atoms with E-state index >= 15 is 0 Å². The molecule has 0 aromatic heterocycles. The smallest absolute Gasteiger partial charge is 0.167 e. The van der Waals surface area contributed by atoms with E-state index in [0.717, 1.165) is 21.3 Å². The van der Waals surface area contributed by atoms with Gasteiger partial charge in [0.25, 0.3) is 0 Å². The van der Waals surface area contributed by atoms with Crippen molar-refractivity contribution in [1.29, 1.82) is 0 Å². The molecule has 0 heterocycles. The van der Waals surface area contributed by atoms with Crippen molar-refractivity contribution in [3.8, 4) is 0 Å². The summed E-state index contributed by atoms with van der Waals surface area (Å²) in [7, 11) is 3.94. The van der Waals surface area contributed by atoms with Gasteiger partial charge in [-0.25, -0.2) is 0 Å². The maximum absolute atomic E-state index is 12.3. The zero-order chi connectivity index (χ0) is 13.8. The first-order chi connectivity index (χ1) is 9.08. The van der Waals surface area contributed by atoms with Gasteiger partial charge >= 0.3 is 0 Å². The highest BCUT2D eigenvalue weighted by atomic mass is 79.9. The monoisotopic (exact) mass is 317 g/mol. The Hall–Kier alpha value is -1.61. The van der Waals surface area contributed by atoms with Crippen LogP contribution in [-0.2, 0) is 6.42 Å². The highest BCUT2D eigenvalue weighted by Gasteiger charge is 2.10. The van der Waals surface area contributed by atoms with E-state index in [9.17, 15) is 4.79 Å². The summed E-state index contributed by atoms with van der Waals surface area (Å²) in [4.78, 5) is 14.3. The van der Waals surface area contributed by atoms with Crippen LogP contribution in [0.15, 0.2) is 53.0 Å². The van der Waals surface area contributed by atoms with Gasteiger partial charge in [-0.2, -0.15) is 0 Å². The molecule has 2 aromatic rings. The first kappa shape index (κ1) is 13.8. The van der Waals surface area contributed by atoms with Gasteiger partial charge in [-0.05, 0) is 23.8 Å². The fourth-order valence-corrected chi connectivity index (χ4v) is 2.30. The average Bonchev–Trinajstić information content (AvgIpc) is 2.41. The standard InChI is InChI=1S/C16H16BrNO/c1-18(2)14-8-5-7-13(10-14)16(19)11-12-6-3-4-9-15(12)17/h3-10H,11H2,1-2H3. The van der Waals surface area contributed by atoms with Crippen molar-refractivity contribution in [3.05, 3.63) is 64.1 Å². The van der Waals surface area contributed by atoms with Gasteiger partial charge in [0, 0.05) is 36.2 Å². The van der Waals surface area contributed by atoms with E-state index in [2.05, 4.69) is 15.9 Å². The van der Waals surface area contributed by atoms with Crippen LogP contribution in [0.4, 0.5) is 5.69 Å². The number of benzene rings is 2. The van der Waals surface area contributed by atoms with Gasteiger partial charge in [0.2, 0.25) is 0 Å². The van der Waals surface area contributed by atoms with Gasteiger partial charge < -0.3 is 4.90 Å². The zero-order valence-electron chi connectivity index (χ0n) is 11.1. The van der Waals surface area contributed by atoms with E-state index in [-0.39, 0.29) is 5.78 Å². The maximum Gasteiger partial charge on any atom is 0.167 e. The minimum absolute atomic E-state index is 0.135. The van der Waals surface area contributed by atoms with Crippen molar-refractivity contribution in [3.63, 3.8) is 0 Å². The summed E-state index contributed by atoms with van der Waals surface area (Å²) in [6, 6.07) is 15.5. The van der Waals surface area contributed by atoms with Gasteiger partial charge in [0.1, 0.15) is 0 Å². The molecule has 2 nitrogen and oxygen atoms in total. The van der Waals surface area contributed by atoms with Crippen LogP contribution in [0, 0.1) is 0 Å². The van der Waals surface area contributed by atoms with E-state index in [1.54, 1.807) is 0 Å². The number of anilines is 1. The van der Waals surface area contributed by atoms with Gasteiger partial charge in [0.15, 0.2) is 5.78 Å². The number of ketones is 1. The molecule has 0 bridgehead atoms. The number of hydrogen-bond acceptors (Lipinski definition) is 2. The van der Waals surface area contributed by atoms with E-state index in [1.165, 1.54) is 0 Å². The number of nitrogens with zero attached hydrogens (tertiary/aromatic N) is 1. The Labute approximate surface area is 122 Å². The fourth-order valence-electron chi connectivity index (χ4n) is 1.87. The maximum atomic E-state index is 12.3. The van der Waals surface area contributed by atoms with Crippen LogP contribution < -0.4 is 4.90 Å². The van der Waals surface area contributed by atoms with Crippen LogP contribution in [0.1, 0.15) is 15.9 Å². The van der Waals surface area contributed by atoms with Crippen LogP contribution in [0.3, 0.4) is 0 Å². The summed E-state index contributed by atoms with van der Waals surface area (Å²) in [6.45, 7) is 0. The second-order valence-corrected chi connectivity index (χ2v) is 5.49. The molecule has 19 heavy (non-hydrogen) atoms. The zero-order valence-corrected chi connectivity index (χ0v) is 12.6. The van der Waals surface area contributed by atoms with Crippen LogP contribution in [0.25, 0.3) is 0 Å². The summed E-state index contributed by atoms with van der Waals surface area (Å²) in [6.07, 6.45) is 0.415. The molecule has 0 aliphatic rings. The molecule has 98 valence electrons. The van der Waals surface area contributed by atoms with Crippen LogP contribution in [0.2, 0.25) is 0 Å². The van der Waals surface area contributed by atoms with Crippen molar-refractivity contribution in [2.24, 2.45) is 0 Å². The Kier molecular flexibility index (Phi) is 4.38. The highest BCUT2D eigenvalue weighted by Crippen LogP contribution is 2.20. The molecular weight excluding hydrogens is 302 g/mol. The van der Waals surface area contributed by atoms with E-state index in [0.29, 0.717) is 6.42 Å². The molecule has 0 aliphatic heterocycles. The summed E-state index contributed by atoms with van der Waals surface area (Å²) in [5, 5.41) is 0. The topological polar surface area (TPSA) is 20.3 Å². The van der Waals surface area contributed by atoms with Crippen LogP contribution >= 0.6 is 15.9 Å². The Morgan fingerprint density at radius 2 is 1.84 bits per heavy atom. The second-order valence-electron chi connectivity index (χ2n) is 4.64. The number of halogens is 1. The van der Waals surface area contributed by atoms with Crippen LogP contribution in [-0.4, -0.2) is 19.9 Å². The van der Waals surface area contributed by atoms with Crippen molar-refractivity contribution >= 4 is 27.4 Å². The SMILES string of the molecule is CN(C)c1cccc(C(=O)Cc2ccccc2Br)c1. The summed E-state index contributed by atoms with van der Waals surface area (Å²) >= 11 is 3.47. The number of rotatable bonds is 4. The normalized spacial score (nSPS) is 10.3. The van der Waals surface area contributed by atoms with E-state index < -0.39 is 0 Å². The molecule has 0 radical (unpaired) electrons. The molecule has 2 aromatic carbocycles. The molecular formula is C16H16BrNO. The molecule has 0 N–H and O–H groups in total. The Balaban J connectivity index is 2.21. The predicted molar refractivity (Wildman–Crippen MR) is 82.9 cm³/mol. The first-order valence-corrected chi connectivity index (χ1v) is 6.91. The minimum Gasteiger partial charge on any atom is -0.378 e. The molecule has 0 atom stereocenters. The lowest BCUT2D eigenvalue weighted by molar-refractivity contribution is 0.0993. The second kappa shape index (κ2) is 6.02. The molecule has 2 rings (SSSR count). The molecule has 3 heteroatoms. The lowest BCUT2D eigenvalue weighted by Crippen LogP contribution is -2.10. The van der Waals surface area contributed by atoms with Crippen molar-refractivity contribution in [1.82, 2.24) is 0 Å². The van der Waals surface area contributed by atoms with Crippen molar-refractivity contribution < 1.29 is 4.79 Å². The van der Waals surface area contributed by atoms with Crippen molar-refractivity contribution in [2.45, 2.75) is 6.42 Å². The third kappa shape index (κ3) is 3.44. The fraction of sp³-hybridized carbons (Fsp3) is 0.188. The summed E-state index contributed by atoms with van der Waals surface area (Å²) in [5.74, 6) is 0.135. The lowest BCUT2D eigenvalue weighted by Gasteiger charge is -2.13. The van der Waals surface area contributed by atoms with Gasteiger partial charge in [0.05, 0.1) is 0 Å². The number of carbonyl (C=O) groups is 1. The molecule has 0 saturated carbocycles. The van der Waals surface area contributed by atoms with Crippen LogP contribution in [0.5, 0.6) is 0 Å². The number of carbonyl (C=O) groups excluding carboxylic acids is 1. The average molecular weight is 318 g/mol. The molecule has 0 amide bonds.